The minimum absolute atomic E-state index is 0.0134. The maximum absolute atomic E-state index is 12.0. The molecule has 1 aromatic carbocycles. The van der Waals surface area contributed by atoms with Gasteiger partial charge in [-0.25, -0.2) is 0 Å². The molecule has 1 aliphatic rings. The molecule has 0 fully saturated rings. The topological polar surface area (TPSA) is 47.6 Å². The number of nitrogens with one attached hydrogen (secondary N) is 1. The van der Waals surface area contributed by atoms with Crippen molar-refractivity contribution in [3.63, 3.8) is 0 Å². The minimum atomic E-state index is -0.103. The highest BCUT2D eigenvalue weighted by molar-refractivity contribution is 5.99. The van der Waals surface area contributed by atoms with Crippen LogP contribution < -0.4 is 10.1 Å². The lowest BCUT2D eigenvalue weighted by atomic mass is 10.1. The van der Waals surface area contributed by atoms with Crippen molar-refractivity contribution in [2.75, 3.05) is 20.3 Å². The Labute approximate surface area is 107 Å². The SMILES string of the molecule is COCC(C)NC(=O)C1=Cc2ccccc2OC1. The summed E-state index contributed by atoms with van der Waals surface area (Å²) in [6.07, 6.45) is 1.87. The molecule has 1 N–H and O–H groups in total. The predicted molar refractivity (Wildman–Crippen MR) is 69.4 cm³/mol. The van der Waals surface area contributed by atoms with Gasteiger partial charge in [0, 0.05) is 18.7 Å². The van der Waals surface area contributed by atoms with Crippen molar-refractivity contribution in [3.05, 3.63) is 35.4 Å². The third-order valence-electron chi connectivity index (χ3n) is 2.72. The van der Waals surface area contributed by atoms with E-state index in [9.17, 15) is 4.79 Å². The molecular weight excluding hydrogens is 230 g/mol. The molecule has 0 radical (unpaired) electrons. The van der Waals surface area contributed by atoms with E-state index in [-0.39, 0.29) is 11.9 Å². The molecule has 0 saturated carbocycles. The van der Waals surface area contributed by atoms with Gasteiger partial charge in [-0.05, 0) is 19.1 Å². The van der Waals surface area contributed by atoms with Crippen molar-refractivity contribution < 1.29 is 14.3 Å². The normalized spacial score (nSPS) is 15.1. The van der Waals surface area contributed by atoms with Crippen molar-refractivity contribution >= 4 is 12.0 Å². The first-order valence-corrected chi connectivity index (χ1v) is 5.93. The second-order valence-corrected chi connectivity index (χ2v) is 4.33. The predicted octanol–water partition coefficient (Wildman–Crippen LogP) is 1.61. The molecule has 1 amide bonds. The zero-order valence-corrected chi connectivity index (χ0v) is 10.6. The van der Waals surface area contributed by atoms with Crippen molar-refractivity contribution in [2.24, 2.45) is 0 Å². The summed E-state index contributed by atoms with van der Waals surface area (Å²) in [6, 6.07) is 7.65. The van der Waals surface area contributed by atoms with Crippen LogP contribution in [-0.4, -0.2) is 32.3 Å². The van der Waals surface area contributed by atoms with Crippen molar-refractivity contribution in [1.29, 1.82) is 0 Å². The molecule has 1 aromatic rings. The fraction of sp³-hybridized carbons (Fsp3) is 0.357. The molecule has 0 aromatic heterocycles. The highest BCUT2D eigenvalue weighted by atomic mass is 16.5. The van der Waals surface area contributed by atoms with E-state index in [2.05, 4.69) is 5.32 Å². The molecule has 0 aliphatic carbocycles. The first kappa shape index (κ1) is 12.6. The van der Waals surface area contributed by atoms with Crippen molar-refractivity contribution in [2.45, 2.75) is 13.0 Å². The molecule has 2 rings (SSSR count). The molecule has 0 bridgehead atoms. The van der Waals surface area contributed by atoms with E-state index >= 15 is 0 Å². The number of amides is 1. The minimum Gasteiger partial charge on any atom is -0.488 e. The van der Waals surface area contributed by atoms with Gasteiger partial charge >= 0.3 is 0 Å². The van der Waals surface area contributed by atoms with Gasteiger partial charge in [0.2, 0.25) is 0 Å². The fourth-order valence-corrected chi connectivity index (χ4v) is 1.86. The summed E-state index contributed by atoms with van der Waals surface area (Å²) in [7, 11) is 1.61. The molecule has 96 valence electrons. The molecular formula is C14H17NO3. The Morgan fingerprint density at radius 1 is 1.50 bits per heavy atom. The van der Waals surface area contributed by atoms with Gasteiger partial charge in [0.1, 0.15) is 12.4 Å². The lowest BCUT2D eigenvalue weighted by molar-refractivity contribution is -0.118. The number of hydrogen-bond donors (Lipinski definition) is 1. The van der Waals surface area contributed by atoms with Crippen LogP contribution in [0.5, 0.6) is 5.75 Å². The number of methoxy groups -OCH3 is 1. The zero-order valence-electron chi connectivity index (χ0n) is 10.6. The number of benzene rings is 1. The van der Waals surface area contributed by atoms with Gasteiger partial charge in [0.05, 0.1) is 12.2 Å². The number of rotatable bonds is 4. The number of hydrogen-bond acceptors (Lipinski definition) is 3. The summed E-state index contributed by atoms with van der Waals surface area (Å²) in [5, 5.41) is 2.87. The fourth-order valence-electron chi connectivity index (χ4n) is 1.86. The smallest absolute Gasteiger partial charge is 0.250 e. The largest absolute Gasteiger partial charge is 0.488 e. The second-order valence-electron chi connectivity index (χ2n) is 4.33. The molecule has 1 unspecified atom stereocenters. The van der Waals surface area contributed by atoms with Crippen LogP contribution in [0.4, 0.5) is 0 Å². The Morgan fingerprint density at radius 2 is 2.28 bits per heavy atom. The van der Waals surface area contributed by atoms with Crippen LogP contribution in [0.3, 0.4) is 0 Å². The number of para-hydroxylation sites is 1. The maximum atomic E-state index is 12.0. The standard InChI is InChI=1S/C14H17NO3/c1-10(8-17-2)15-14(16)12-7-11-5-3-4-6-13(11)18-9-12/h3-7,10H,8-9H2,1-2H3,(H,15,16). The van der Waals surface area contributed by atoms with E-state index < -0.39 is 0 Å². The average Bonchev–Trinajstić information content (AvgIpc) is 2.38. The van der Waals surface area contributed by atoms with E-state index in [1.807, 2.05) is 37.3 Å². The summed E-state index contributed by atoms with van der Waals surface area (Å²) in [6.45, 7) is 2.71. The number of ether oxygens (including phenoxy) is 2. The number of carbonyl (C=O) groups is 1. The van der Waals surface area contributed by atoms with Gasteiger partial charge in [-0.1, -0.05) is 18.2 Å². The first-order chi connectivity index (χ1) is 8.70. The van der Waals surface area contributed by atoms with Gasteiger partial charge in [-0.3, -0.25) is 4.79 Å². The van der Waals surface area contributed by atoms with E-state index in [0.717, 1.165) is 11.3 Å². The van der Waals surface area contributed by atoms with Crippen LogP contribution in [0, 0.1) is 0 Å². The summed E-state index contributed by atoms with van der Waals surface area (Å²) < 4.78 is 10.5. The molecule has 1 aliphatic heterocycles. The van der Waals surface area contributed by atoms with E-state index in [1.165, 1.54) is 0 Å². The Balaban J connectivity index is 2.07. The summed E-state index contributed by atoms with van der Waals surface area (Å²) in [4.78, 5) is 12.0. The van der Waals surface area contributed by atoms with E-state index in [4.69, 9.17) is 9.47 Å². The van der Waals surface area contributed by atoms with Gasteiger partial charge in [0.15, 0.2) is 0 Å². The second kappa shape index (κ2) is 5.69. The highest BCUT2D eigenvalue weighted by Crippen LogP contribution is 2.25. The lowest BCUT2D eigenvalue weighted by Crippen LogP contribution is -2.37. The van der Waals surface area contributed by atoms with Gasteiger partial charge in [-0.15, -0.1) is 0 Å². The van der Waals surface area contributed by atoms with Gasteiger partial charge < -0.3 is 14.8 Å². The van der Waals surface area contributed by atoms with Crippen LogP contribution in [0.1, 0.15) is 12.5 Å². The lowest BCUT2D eigenvalue weighted by Gasteiger charge is -2.19. The monoisotopic (exact) mass is 247 g/mol. The number of carbonyl (C=O) groups excluding carboxylic acids is 1. The summed E-state index contributed by atoms with van der Waals surface area (Å²) >= 11 is 0. The number of fused-ring (bicyclic) bond motifs is 1. The molecule has 1 heterocycles. The van der Waals surface area contributed by atoms with E-state index in [0.29, 0.717) is 18.8 Å². The Kier molecular flexibility index (Phi) is 3.99. The third kappa shape index (κ3) is 2.90. The first-order valence-electron chi connectivity index (χ1n) is 5.93. The van der Waals surface area contributed by atoms with Gasteiger partial charge in [-0.2, -0.15) is 0 Å². The summed E-state index contributed by atoms with van der Waals surface area (Å²) in [5.74, 6) is 0.716. The van der Waals surface area contributed by atoms with Crippen molar-refractivity contribution in [1.82, 2.24) is 5.32 Å². The quantitative estimate of drug-likeness (QED) is 0.879. The van der Waals surface area contributed by atoms with Crippen LogP contribution in [-0.2, 0) is 9.53 Å². The van der Waals surface area contributed by atoms with Gasteiger partial charge in [0.25, 0.3) is 5.91 Å². The molecule has 1 atom stereocenters. The Bertz CT molecular complexity index is 468. The average molecular weight is 247 g/mol. The molecule has 18 heavy (non-hydrogen) atoms. The molecule has 0 saturated heterocycles. The molecule has 0 spiro atoms. The van der Waals surface area contributed by atoms with Crippen LogP contribution in [0.2, 0.25) is 0 Å². The zero-order chi connectivity index (χ0) is 13.0. The molecule has 4 heteroatoms. The van der Waals surface area contributed by atoms with E-state index in [1.54, 1.807) is 7.11 Å². The highest BCUT2D eigenvalue weighted by Gasteiger charge is 2.18. The van der Waals surface area contributed by atoms with Crippen LogP contribution >= 0.6 is 0 Å². The van der Waals surface area contributed by atoms with Crippen LogP contribution in [0.15, 0.2) is 29.8 Å². The maximum Gasteiger partial charge on any atom is 0.250 e. The third-order valence-corrected chi connectivity index (χ3v) is 2.72. The van der Waals surface area contributed by atoms with Crippen molar-refractivity contribution in [3.8, 4) is 5.75 Å². The van der Waals surface area contributed by atoms with Crippen LogP contribution in [0.25, 0.3) is 6.08 Å². The summed E-state index contributed by atoms with van der Waals surface area (Å²) in [5.41, 5.74) is 1.57. The Morgan fingerprint density at radius 3 is 3.06 bits per heavy atom. The molecule has 4 nitrogen and oxygen atoms in total. The Hall–Kier alpha value is -1.81.